The molecule has 0 saturated carbocycles. The first-order chi connectivity index (χ1) is 7.29. The van der Waals surface area contributed by atoms with Crippen molar-refractivity contribution in [1.82, 2.24) is 0 Å². The van der Waals surface area contributed by atoms with Gasteiger partial charge in [-0.05, 0) is 23.2 Å². The molecule has 0 N–H and O–H groups in total. The molecule has 17 heavy (non-hydrogen) atoms. The van der Waals surface area contributed by atoms with Gasteiger partial charge in [0.15, 0.2) is 0 Å². The van der Waals surface area contributed by atoms with Crippen LogP contribution >= 0.6 is 23.2 Å². The van der Waals surface area contributed by atoms with Crippen LogP contribution in [0, 0.1) is 0 Å². The van der Waals surface area contributed by atoms with Crippen LogP contribution in [-0.4, -0.2) is 29.0 Å². The molecule has 0 aliphatic heterocycles. The SMILES string of the molecule is O=C(F)C(F)(OC(F)CC(F)(F)Cl)C(F)(F)Cl. The number of ether oxygens (including phenoxy) is 1. The Balaban J connectivity index is 4.86. The lowest BCUT2D eigenvalue weighted by atomic mass is 10.3. The van der Waals surface area contributed by atoms with Gasteiger partial charge < -0.3 is 0 Å². The molecule has 0 amide bonds. The Hall–Kier alpha value is -0.280. The van der Waals surface area contributed by atoms with Crippen LogP contribution in [0.2, 0.25) is 0 Å². The van der Waals surface area contributed by atoms with Gasteiger partial charge in [0, 0.05) is 0 Å². The van der Waals surface area contributed by atoms with Gasteiger partial charge in [-0.25, -0.2) is 4.39 Å². The van der Waals surface area contributed by atoms with Crippen molar-refractivity contribution >= 4 is 29.2 Å². The summed E-state index contributed by atoms with van der Waals surface area (Å²) in [6, 6.07) is -3.47. The van der Waals surface area contributed by atoms with Gasteiger partial charge in [0.2, 0.25) is 6.36 Å². The number of alkyl halides is 8. The summed E-state index contributed by atoms with van der Waals surface area (Å²) < 4.78 is 88.7. The third kappa shape index (κ3) is 4.84. The van der Waals surface area contributed by atoms with Gasteiger partial charge >= 0.3 is 22.7 Å². The molecule has 0 saturated heterocycles. The molecule has 0 spiro atoms. The van der Waals surface area contributed by atoms with E-state index in [2.05, 4.69) is 27.9 Å². The number of carbonyl (C=O) groups is 1. The number of halogens is 9. The van der Waals surface area contributed by atoms with Crippen molar-refractivity contribution in [2.45, 2.75) is 29.4 Å². The van der Waals surface area contributed by atoms with Crippen molar-refractivity contribution in [2.75, 3.05) is 0 Å². The number of rotatable bonds is 6. The topological polar surface area (TPSA) is 26.3 Å². The lowest BCUT2D eigenvalue weighted by molar-refractivity contribution is -0.281. The Kier molecular flexibility index (Phi) is 5.06. The fraction of sp³-hybridized carbons (Fsp3) is 0.833. The predicted octanol–water partition coefficient (Wildman–Crippen LogP) is 3.51. The molecule has 2 atom stereocenters. The van der Waals surface area contributed by atoms with Gasteiger partial charge in [-0.2, -0.15) is 26.3 Å². The minimum Gasteiger partial charge on any atom is -0.297 e. The minimum atomic E-state index is -5.29. The molecule has 0 heterocycles. The van der Waals surface area contributed by atoms with Crippen LogP contribution in [0.3, 0.4) is 0 Å². The molecular formula is C6H3Cl2F7O2. The van der Waals surface area contributed by atoms with Crippen molar-refractivity contribution in [1.29, 1.82) is 0 Å². The summed E-state index contributed by atoms with van der Waals surface area (Å²) in [6.45, 7) is 0. The first-order valence-electron chi connectivity index (χ1n) is 3.64. The largest absolute Gasteiger partial charge is 0.390 e. The van der Waals surface area contributed by atoms with Crippen LogP contribution in [0.15, 0.2) is 0 Å². The molecule has 0 aliphatic rings. The molecule has 0 rings (SSSR count). The minimum absolute atomic E-state index is 2.08. The Morgan fingerprint density at radius 1 is 1.18 bits per heavy atom. The first kappa shape index (κ1) is 16.7. The van der Waals surface area contributed by atoms with Crippen LogP contribution in [0.1, 0.15) is 6.42 Å². The van der Waals surface area contributed by atoms with Crippen molar-refractivity contribution in [3.63, 3.8) is 0 Å². The standard InChI is InChI=1S/C6H3Cl2F7O2/c7-4(11,12)1-2(9)17-5(13,3(10)16)6(8,14)15/h2H,1H2. The van der Waals surface area contributed by atoms with Crippen LogP contribution in [0.25, 0.3) is 0 Å². The Labute approximate surface area is 99.6 Å². The fourth-order valence-corrected chi connectivity index (χ4v) is 0.865. The molecule has 0 aromatic carbocycles. The van der Waals surface area contributed by atoms with E-state index in [0.29, 0.717) is 0 Å². The molecule has 11 heteroatoms. The molecule has 102 valence electrons. The zero-order valence-corrected chi connectivity index (χ0v) is 9.01. The molecule has 2 nitrogen and oxygen atoms in total. The maximum absolute atomic E-state index is 12.9. The van der Waals surface area contributed by atoms with Crippen molar-refractivity contribution < 1.29 is 40.3 Å². The number of carbonyl (C=O) groups excluding carboxylic acids is 1. The van der Waals surface area contributed by atoms with Crippen molar-refractivity contribution in [2.24, 2.45) is 0 Å². The molecule has 0 aliphatic carbocycles. The van der Waals surface area contributed by atoms with Crippen molar-refractivity contribution in [3.05, 3.63) is 0 Å². The summed E-state index contributed by atoms with van der Waals surface area (Å²) in [5.41, 5.74) is 0. The maximum atomic E-state index is 12.9. The van der Waals surface area contributed by atoms with E-state index < -0.39 is 35.4 Å². The van der Waals surface area contributed by atoms with Crippen LogP contribution < -0.4 is 0 Å². The van der Waals surface area contributed by atoms with E-state index in [4.69, 9.17) is 0 Å². The summed E-state index contributed by atoms with van der Waals surface area (Å²) in [7, 11) is 0. The average molecular weight is 311 g/mol. The summed E-state index contributed by atoms with van der Waals surface area (Å²) in [4.78, 5) is 9.90. The molecule has 0 aromatic rings. The molecule has 2 unspecified atom stereocenters. The van der Waals surface area contributed by atoms with E-state index >= 15 is 0 Å². The number of hydrogen-bond acceptors (Lipinski definition) is 2. The number of hydrogen-bond donors (Lipinski definition) is 0. The predicted molar refractivity (Wildman–Crippen MR) is 42.2 cm³/mol. The molecular weight excluding hydrogens is 308 g/mol. The van der Waals surface area contributed by atoms with Gasteiger partial charge in [0.05, 0.1) is 6.42 Å². The lowest BCUT2D eigenvalue weighted by Gasteiger charge is -2.26. The van der Waals surface area contributed by atoms with Crippen LogP contribution in [-0.2, 0) is 9.53 Å². The normalized spacial score (nSPS) is 18.6. The average Bonchev–Trinajstić information content (AvgIpc) is 1.96. The van der Waals surface area contributed by atoms with Gasteiger partial charge in [0.1, 0.15) is 0 Å². The van der Waals surface area contributed by atoms with E-state index in [1.807, 2.05) is 0 Å². The lowest BCUT2D eigenvalue weighted by Crippen LogP contribution is -2.50. The summed E-state index contributed by atoms with van der Waals surface area (Å²) in [5, 5.41) is -9.55. The van der Waals surface area contributed by atoms with Crippen LogP contribution in [0.5, 0.6) is 0 Å². The summed E-state index contributed by atoms with van der Waals surface area (Å²) >= 11 is 8.15. The highest BCUT2D eigenvalue weighted by Gasteiger charge is 2.63. The van der Waals surface area contributed by atoms with E-state index in [0.717, 1.165) is 0 Å². The van der Waals surface area contributed by atoms with Crippen molar-refractivity contribution in [3.8, 4) is 0 Å². The highest BCUT2D eigenvalue weighted by atomic mass is 35.5. The fourth-order valence-electron chi connectivity index (χ4n) is 0.624. The van der Waals surface area contributed by atoms with Gasteiger partial charge in [-0.15, -0.1) is 0 Å². The van der Waals surface area contributed by atoms with Gasteiger partial charge in [-0.1, -0.05) is 0 Å². The second kappa shape index (κ2) is 5.15. The molecule has 0 aromatic heterocycles. The summed E-state index contributed by atoms with van der Waals surface area (Å²) in [6.07, 6.45) is -5.56. The molecule has 0 fully saturated rings. The monoisotopic (exact) mass is 310 g/mol. The second-order valence-electron chi connectivity index (χ2n) is 2.71. The van der Waals surface area contributed by atoms with Crippen LogP contribution in [0.4, 0.5) is 30.7 Å². The zero-order chi connectivity index (χ0) is 14.1. The van der Waals surface area contributed by atoms with Gasteiger partial charge in [0.25, 0.3) is 0 Å². The Morgan fingerprint density at radius 3 is 1.82 bits per heavy atom. The van der Waals surface area contributed by atoms with E-state index in [1.165, 1.54) is 0 Å². The third-order valence-corrected chi connectivity index (χ3v) is 1.70. The smallest absolute Gasteiger partial charge is 0.297 e. The Bertz CT molecular complexity index is 289. The van der Waals surface area contributed by atoms with Gasteiger partial charge in [-0.3, -0.25) is 9.53 Å². The highest BCUT2D eigenvalue weighted by Crippen LogP contribution is 2.41. The maximum Gasteiger partial charge on any atom is 0.390 e. The second-order valence-corrected chi connectivity index (χ2v) is 3.74. The highest BCUT2D eigenvalue weighted by molar-refractivity contribution is 6.24. The van der Waals surface area contributed by atoms with E-state index in [9.17, 15) is 35.5 Å². The Morgan fingerprint density at radius 2 is 1.59 bits per heavy atom. The molecule has 0 radical (unpaired) electrons. The third-order valence-electron chi connectivity index (χ3n) is 1.30. The molecule has 0 bridgehead atoms. The van der Waals surface area contributed by atoms with E-state index in [1.54, 1.807) is 0 Å². The zero-order valence-electron chi connectivity index (χ0n) is 7.50. The quantitative estimate of drug-likeness (QED) is 0.426. The summed E-state index contributed by atoms with van der Waals surface area (Å²) in [5.74, 6) is -5.21. The first-order valence-corrected chi connectivity index (χ1v) is 4.39. The van der Waals surface area contributed by atoms with E-state index in [-0.39, 0.29) is 0 Å².